The summed E-state index contributed by atoms with van der Waals surface area (Å²) >= 11 is 3.25. The molecule has 0 aromatic heterocycles. The SMILES string of the molecule is CCN(CCCNC(=O)C(C)Br)c1ccccc1. The van der Waals surface area contributed by atoms with Crippen LogP contribution < -0.4 is 10.2 Å². The molecule has 1 aromatic carbocycles. The number of para-hydroxylation sites is 1. The Morgan fingerprint density at radius 2 is 2.06 bits per heavy atom. The van der Waals surface area contributed by atoms with Crippen LogP contribution in [0.5, 0.6) is 0 Å². The summed E-state index contributed by atoms with van der Waals surface area (Å²) in [5.41, 5.74) is 1.24. The van der Waals surface area contributed by atoms with Crippen molar-refractivity contribution in [2.75, 3.05) is 24.5 Å². The average Bonchev–Trinajstić information content (AvgIpc) is 2.39. The predicted octanol–water partition coefficient (Wildman–Crippen LogP) is 2.80. The molecule has 1 atom stereocenters. The maximum Gasteiger partial charge on any atom is 0.233 e. The minimum absolute atomic E-state index is 0.0535. The molecule has 0 saturated carbocycles. The summed E-state index contributed by atoms with van der Waals surface area (Å²) in [4.78, 5) is 13.5. The van der Waals surface area contributed by atoms with Crippen molar-refractivity contribution in [1.82, 2.24) is 5.32 Å². The van der Waals surface area contributed by atoms with Gasteiger partial charge in [0.1, 0.15) is 0 Å². The van der Waals surface area contributed by atoms with Crippen LogP contribution in [0.15, 0.2) is 30.3 Å². The van der Waals surface area contributed by atoms with Crippen molar-refractivity contribution in [3.05, 3.63) is 30.3 Å². The van der Waals surface area contributed by atoms with E-state index in [1.54, 1.807) is 0 Å². The lowest BCUT2D eigenvalue weighted by Gasteiger charge is -2.23. The van der Waals surface area contributed by atoms with E-state index in [2.05, 4.69) is 45.2 Å². The highest BCUT2D eigenvalue weighted by molar-refractivity contribution is 9.10. The van der Waals surface area contributed by atoms with Gasteiger partial charge in [-0.15, -0.1) is 0 Å². The van der Waals surface area contributed by atoms with E-state index in [0.717, 1.165) is 26.1 Å². The summed E-state index contributed by atoms with van der Waals surface area (Å²) in [6, 6.07) is 10.3. The first-order valence-electron chi connectivity index (χ1n) is 6.37. The molecule has 0 bridgehead atoms. The molecule has 0 aliphatic carbocycles. The third-order valence-electron chi connectivity index (χ3n) is 2.77. The van der Waals surface area contributed by atoms with Crippen LogP contribution >= 0.6 is 15.9 Å². The van der Waals surface area contributed by atoms with Crippen molar-refractivity contribution in [2.24, 2.45) is 0 Å². The van der Waals surface area contributed by atoms with Crippen molar-refractivity contribution in [3.8, 4) is 0 Å². The molecule has 4 heteroatoms. The molecular weight excluding hydrogens is 292 g/mol. The van der Waals surface area contributed by atoms with E-state index in [0.29, 0.717) is 0 Å². The largest absolute Gasteiger partial charge is 0.372 e. The number of rotatable bonds is 7. The van der Waals surface area contributed by atoms with Crippen LogP contribution in [-0.2, 0) is 4.79 Å². The van der Waals surface area contributed by atoms with Gasteiger partial charge in [-0.3, -0.25) is 4.79 Å². The van der Waals surface area contributed by atoms with E-state index in [-0.39, 0.29) is 10.7 Å². The molecule has 1 aromatic rings. The monoisotopic (exact) mass is 312 g/mol. The van der Waals surface area contributed by atoms with E-state index in [9.17, 15) is 4.79 Å². The van der Waals surface area contributed by atoms with Crippen molar-refractivity contribution in [2.45, 2.75) is 25.1 Å². The van der Waals surface area contributed by atoms with Gasteiger partial charge in [0, 0.05) is 25.3 Å². The molecule has 0 aliphatic rings. The summed E-state index contributed by atoms with van der Waals surface area (Å²) < 4.78 is 0. The highest BCUT2D eigenvalue weighted by Crippen LogP contribution is 2.12. The second-order valence-electron chi connectivity index (χ2n) is 4.18. The lowest BCUT2D eigenvalue weighted by molar-refractivity contribution is -0.120. The van der Waals surface area contributed by atoms with Crippen LogP contribution in [0.25, 0.3) is 0 Å². The summed E-state index contributed by atoms with van der Waals surface area (Å²) in [5, 5.41) is 2.90. The van der Waals surface area contributed by atoms with Crippen LogP contribution in [0.4, 0.5) is 5.69 Å². The van der Waals surface area contributed by atoms with Gasteiger partial charge in [-0.25, -0.2) is 0 Å². The molecule has 3 nitrogen and oxygen atoms in total. The van der Waals surface area contributed by atoms with Crippen molar-refractivity contribution < 1.29 is 4.79 Å². The minimum atomic E-state index is -0.117. The topological polar surface area (TPSA) is 32.3 Å². The number of alkyl halides is 1. The number of amides is 1. The number of halogens is 1. The maximum atomic E-state index is 11.4. The van der Waals surface area contributed by atoms with E-state index in [1.165, 1.54) is 5.69 Å². The zero-order chi connectivity index (χ0) is 13.4. The van der Waals surface area contributed by atoms with Gasteiger partial charge >= 0.3 is 0 Å². The van der Waals surface area contributed by atoms with Gasteiger partial charge in [0.2, 0.25) is 5.91 Å². The quantitative estimate of drug-likeness (QED) is 0.620. The van der Waals surface area contributed by atoms with E-state index < -0.39 is 0 Å². The number of hydrogen-bond donors (Lipinski definition) is 1. The van der Waals surface area contributed by atoms with Crippen LogP contribution in [-0.4, -0.2) is 30.4 Å². The van der Waals surface area contributed by atoms with Crippen LogP contribution in [0, 0.1) is 0 Å². The van der Waals surface area contributed by atoms with Crippen LogP contribution in [0.2, 0.25) is 0 Å². The number of carbonyl (C=O) groups is 1. The van der Waals surface area contributed by atoms with Crippen LogP contribution in [0.1, 0.15) is 20.3 Å². The lowest BCUT2D eigenvalue weighted by Crippen LogP contribution is -2.33. The lowest BCUT2D eigenvalue weighted by atomic mass is 10.2. The number of nitrogens with zero attached hydrogens (tertiary/aromatic N) is 1. The molecule has 1 N–H and O–H groups in total. The third-order valence-corrected chi connectivity index (χ3v) is 3.18. The highest BCUT2D eigenvalue weighted by atomic mass is 79.9. The molecular formula is C14H21BrN2O. The second kappa shape index (κ2) is 8.14. The van der Waals surface area contributed by atoms with Gasteiger partial charge in [0.05, 0.1) is 4.83 Å². The molecule has 100 valence electrons. The highest BCUT2D eigenvalue weighted by Gasteiger charge is 2.07. The number of anilines is 1. The Hall–Kier alpha value is -1.03. The fraction of sp³-hybridized carbons (Fsp3) is 0.500. The van der Waals surface area contributed by atoms with Gasteiger partial charge in [-0.05, 0) is 32.4 Å². The Morgan fingerprint density at radius 1 is 1.39 bits per heavy atom. The minimum Gasteiger partial charge on any atom is -0.372 e. The number of carbonyl (C=O) groups excluding carboxylic acids is 1. The normalized spacial score (nSPS) is 11.9. The summed E-state index contributed by atoms with van der Waals surface area (Å²) in [6.07, 6.45) is 0.953. The first kappa shape index (κ1) is 15.0. The Balaban J connectivity index is 2.31. The zero-order valence-corrected chi connectivity index (χ0v) is 12.6. The third kappa shape index (κ3) is 5.08. The Labute approximate surface area is 118 Å². The maximum absolute atomic E-state index is 11.4. The van der Waals surface area contributed by atoms with Gasteiger partial charge in [0.25, 0.3) is 0 Å². The van der Waals surface area contributed by atoms with E-state index in [1.807, 2.05) is 25.1 Å². The number of nitrogens with one attached hydrogen (secondary N) is 1. The van der Waals surface area contributed by atoms with E-state index in [4.69, 9.17) is 0 Å². The Bertz CT molecular complexity index is 354. The molecule has 0 spiro atoms. The molecule has 0 aliphatic heterocycles. The molecule has 0 fully saturated rings. The first-order chi connectivity index (χ1) is 8.65. The Morgan fingerprint density at radius 3 is 2.61 bits per heavy atom. The fourth-order valence-electron chi connectivity index (χ4n) is 1.73. The molecule has 1 rings (SSSR count). The molecule has 1 amide bonds. The number of hydrogen-bond acceptors (Lipinski definition) is 2. The fourth-order valence-corrected chi connectivity index (χ4v) is 1.89. The molecule has 18 heavy (non-hydrogen) atoms. The van der Waals surface area contributed by atoms with Gasteiger partial charge in [0.15, 0.2) is 0 Å². The van der Waals surface area contributed by atoms with E-state index >= 15 is 0 Å². The van der Waals surface area contributed by atoms with Crippen molar-refractivity contribution >= 4 is 27.5 Å². The molecule has 0 saturated heterocycles. The smallest absolute Gasteiger partial charge is 0.233 e. The standard InChI is InChI=1S/C14H21BrN2O/c1-3-17(13-8-5-4-6-9-13)11-7-10-16-14(18)12(2)15/h4-6,8-9,12H,3,7,10-11H2,1-2H3,(H,16,18). The van der Waals surface area contributed by atoms with Crippen molar-refractivity contribution in [1.29, 1.82) is 0 Å². The van der Waals surface area contributed by atoms with Gasteiger partial charge in [-0.2, -0.15) is 0 Å². The first-order valence-corrected chi connectivity index (χ1v) is 7.28. The molecule has 0 heterocycles. The zero-order valence-electron chi connectivity index (χ0n) is 11.0. The van der Waals surface area contributed by atoms with Crippen molar-refractivity contribution in [3.63, 3.8) is 0 Å². The van der Waals surface area contributed by atoms with Crippen LogP contribution in [0.3, 0.4) is 0 Å². The molecule has 0 radical (unpaired) electrons. The summed E-state index contributed by atoms with van der Waals surface area (Å²) in [6.45, 7) is 6.63. The van der Waals surface area contributed by atoms with Gasteiger partial charge < -0.3 is 10.2 Å². The average molecular weight is 313 g/mol. The van der Waals surface area contributed by atoms with Gasteiger partial charge in [-0.1, -0.05) is 34.1 Å². The summed E-state index contributed by atoms with van der Waals surface area (Å²) in [5.74, 6) is 0.0535. The second-order valence-corrected chi connectivity index (χ2v) is 5.55. The predicted molar refractivity (Wildman–Crippen MR) is 80.3 cm³/mol. The molecule has 1 unspecified atom stereocenters. The summed E-state index contributed by atoms with van der Waals surface area (Å²) in [7, 11) is 0. The number of benzene rings is 1. The Kier molecular flexibility index (Phi) is 6.80.